The smallest absolute Gasteiger partial charge is 0.303 e. The fraction of sp³-hybridized carbons (Fsp3) is 0.667. The van der Waals surface area contributed by atoms with Crippen molar-refractivity contribution in [1.82, 2.24) is 0 Å². The Balaban J connectivity index is 1.94. The van der Waals surface area contributed by atoms with Crippen LogP contribution in [0.1, 0.15) is 18.8 Å². The van der Waals surface area contributed by atoms with Crippen LogP contribution in [0.2, 0.25) is 39.3 Å². The molecule has 2 saturated heterocycles. The number of rotatable bonds is 5. The first-order valence-electron chi connectivity index (χ1n) is 10.3. The number of carbonyl (C=O) groups excluding carboxylic acids is 1. The van der Waals surface area contributed by atoms with Gasteiger partial charge in [0.2, 0.25) is 0 Å². The van der Waals surface area contributed by atoms with E-state index in [2.05, 4.69) is 39.3 Å². The van der Waals surface area contributed by atoms with Gasteiger partial charge in [0.15, 0.2) is 20.7 Å². The van der Waals surface area contributed by atoms with Crippen LogP contribution in [0, 0.1) is 0 Å². The SMILES string of the molecule is CC(=O)O[C@@H]1[C@@H](O[Si](C)(C)C)[C@@H]([Si](C)(C)C)O[C@@H]2CO[C@@H](c3ccccc3)O[C@@H]12. The Morgan fingerprint density at radius 2 is 1.66 bits per heavy atom. The van der Waals surface area contributed by atoms with Gasteiger partial charge in [-0.3, -0.25) is 4.79 Å². The maximum Gasteiger partial charge on any atom is 0.303 e. The number of fused-ring (bicyclic) bond motifs is 1. The Bertz CT molecular complexity index is 699. The van der Waals surface area contributed by atoms with E-state index in [-0.39, 0.29) is 23.9 Å². The molecule has 2 fully saturated rings. The highest BCUT2D eigenvalue weighted by Gasteiger charge is 2.55. The topological polar surface area (TPSA) is 63.2 Å². The number of benzene rings is 1. The molecule has 0 radical (unpaired) electrons. The van der Waals surface area contributed by atoms with E-state index in [4.69, 9.17) is 23.4 Å². The first-order valence-corrected chi connectivity index (χ1v) is 17.3. The lowest BCUT2D eigenvalue weighted by Gasteiger charge is -2.52. The van der Waals surface area contributed by atoms with E-state index >= 15 is 0 Å². The summed E-state index contributed by atoms with van der Waals surface area (Å²) in [4.78, 5) is 12.0. The third-order valence-electron chi connectivity index (χ3n) is 5.04. The molecule has 2 heterocycles. The highest BCUT2D eigenvalue weighted by Crippen LogP contribution is 2.39. The molecule has 6 atom stereocenters. The van der Waals surface area contributed by atoms with Crippen LogP contribution in [-0.4, -0.2) is 59.1 Å². The summed E-state index contributed by atoms with van der Waals surface area (Å²) >= 11 is 0. The van der Waals surface area contributed by atoms with Gasteiger partial charge in [-0.05, 0) is 19.6 Å². The fourth-order valence-corrected chi connectivity index (χ4v) is 6.96. The molecule has 0 aliphatic carbocycles. The zero-order valence-corrected chi connectivity index (χ0v) is 20.5. The molecule has 8 heteroatoms. The molecule has 0 amide bonds. The first-order chi connectivity index (χ1) is 13.5. The number of hydrogen-bond donors (Lipinski definition) is 0. The third-order valence-corrected chi connectivity index (χ3v) is 8.19. The van der Waals surface area contributed by atoms with Gasteiger partial charge in [-0.1, -0.05) is 50.0 Å². The van der Waals surface area contributed by atoms with Crippen molar-refractivity contribution in [2.24, 2.45) is 0 Å². The number of carbonyl (C=O) groups is 1. The normalized spacial score (nSPS) is 33.1. The Labute approximate surface area is 176 Å². The average Bonchev–Trinajstić information content (AvgIpc) is 2.61. The molecule has 2 aliphatic heterocycles. The van der Waals surface area contributed by atoms with Crippen LogP contribution in [0.5, 0.6) is 0 Å². The van der Waals surface area contributed by atoms with E-state index < -0.39 is 34.9 Å². The van der Waals surface area contributed by atoms with Gasteiger partial charge in [-0.15, -0.1) is 0 Å². The highest BCUT2D eigenvalue weighted by atomic mass is 28.4. The molecule has 29 heavy (non-hydrogen) atoms. The van der Waals surface area contributed by atoms with Crippen molar-refractivity contribution in [3.05, 3.63) is 35.9 Å². The van der Waals surface area contributed by atoms with Crippen molar-refractivity contribution in [1.29, 1.82) is 0 Å². The van der Waals surface area contributed by atoms with Gasteiger partial charge in [0.05, 0.1) is 20.4 Å². The minimum atomic E-state index is -1.93. The molecule has 0 spiro atoms. The van der Waals surface area contributed by atoms with Crippen LogP contribution in [0.4, 0.5) is 0 Å². The minimum absolute atomic E-state index is 0.111. The second-order valence-electron chi connectivity index (χ2n) is 9.91. The summed E-state index contributed by atoms with van der Waals surface area (Å²) < 4.78 is 31.2. The molecule has 6 nitrogen and oxygen atoms in total. The van der Waals surface area contributed by atoms with Gasteiger partial charge >= 0.3 is 5.97 Å². The van der Waals surface area contributed by atoms with Crippen LogP contribution < -0.4 is 0 Å². The van der Waals surface area contributed by atoms with Gasteiger partial charge < -0.3 is 23.4 Å². The van der Waals surface area contributed by atoms with E-state index in [1.807, 2.05) is 30.3 Å². The number of hydrogen-bond acceptors (Lipinski definition) is 6. The van der Waals surface area contributed by atoms with Crippen LogP contribution >= 0.6 is 0 Å². The van der Waals surface area contributed by atoms with Crippen molar-refractivity contribution in [2.45, 2.75) is 82.6 Å². The van der Waals surface area contributed by atoms with Crippen molar-refractivity contribution >= 4 is 22.4 Å². The third kappa shape index (κ3) is 5.56. The zero-order chi connectivity index (χ0) is 21.4. The molecule has 1 aromatic carbocycles. The predicted octanol–water partition coefficient (Wildman–Crippen LogP) is 3.90. The Hall–Kier alpha value is -1.04. The highest BCUT2D eigenvalue weighted by molar-refractivity contribution is 6.77. The minimum Gasteiger partial charge on any atom is -0.457 e. The molecule has 162 valence electrons. The van der Waals surface area contributed by atoms with E-state index in [1.54, 1.807) is 0 Å². The van der Waals surface area contributed by atoms with Crippen molar-refractivity contribution in [3.63, 3.8) is 0 Å². The molecule has 0 bridgehead atoms. The summed E-state index contributed by atoms with van der Waals surface area (Å²) in [7, 11) is -3.73. The maximum atomic E-state index is 12.0. The summed E-state index contributed by atoms with van der Waals surface area (Å²) in [5, 5.41) is 0. The second-order valence-corrected chi connectivity index (χ2v) is 19.7. The van der Waals surface area contributed by atoms with Gasteiger partial charge in [0.25, 0.3) is 0 Å². The molecule has 0 aromatic heterocycles. The number of esters is 1. The average molecular weight is 439 g/mol. The Morgan fingerprint density at radius 3 is 2.21 bits per heavy atom. The van der Waals surface area contributed by atoms with E-state index in [0.717, 1.165) is 5.56 Å². The van der Waals surface area contributed by atoms with Crippen LogP contribution in [-0.2, 0) is 28.2 Å². The van der Waals surface area contributed by atoms with Crippen molar-refractivity contribution in [2.75, 3.05) is 6.61 Å². The zero-order valence-electron chi connectivity index (χ0n) is 18.5. The van der Waals surface area contributed by atoms with Gasteiger partial charge in [-0.25, -0.2) is 0 Å². The lowest BCUT2D eigenvalue weighted by Crippen LogP contribution is -2.69. The van der Waals surface area contributed by atoms with E-state index in [1.165, 1.54) is 6.92 Å². The van der Waals surface area contributed by atoms with Gasteiger partial charge in [-0.2, -0.15) is 0 Å². The van der Waals surface area contributed by atoms with Crippen LogP contribution in [0.25, 0.3) is 0 Å². The lowest BCUT2D eigenvalue weighted by molar-refractivity contribution is -0.320. The summed E-state index contributed by atoms with van der Waals surface area (Å²) in [6.45, 7) is 15.0. The largest absolute Gasteiger partial charge is 0.457 e. The Kier molecular flexibility index (Phi) is 6.72. The standard InChI is InChI=1S/C21H34O6Si2/c1-14(22)24-18-17-16(13-23-20(26-17)15-11-9-8-10-12-15)25-21(28(2,3)4)19(18)27-29(5,6)7/h8-12,16-21H,13H2,1-7H3/t16-,17-,18+,19-,20-,21-/m1/s1. The predicted molar refractivity (Wildman–Crippen MR) is 116 cm³/mol. The molecule has 1 aromatic rings. The lowest BCUT2D eigenvalue weighted by atomic mass is 9.98. The van der Waals surface area contributed by atoms with Gasteiger partial charge in [0, 0.05) is 12.5 Å². The summed E-state index contributed by atoms with van der Waals surface area (Å²) in [6.07, 6.45) is -2.11. The monoisotopic (exact) mass is 438 g/mol. The molecule has 0 saturated carbocycles. The van der Waals surface area contributed by atoms with Crippen LogP contribution in [0.3, 0.4) is 0 Å². The van der Waals surface area contributed by atoms with Gasteiger partial charge in [0.1, 0.15) is 18.3 Å². The molecule has 0 unspecified atom stereocenters. The maximum absolute atomic E-state index is 12.0. The summed E-state index contributed by atoms with van der Waals surface area (Å²) in [5.41, 5.74) is 0.822. The molecular weight excluding hydrogens is 404 g/mol. The second kappa shape index (κ2) is 8.60. The molecule has 2 aliphatic rings. The Morgan fingerprint density at radius 1 is 1.00 bits per heavy atom. The van der Waals surface area contributed by atoms with Crippen LogP contribution in [0.15, 0.2) is 30.3 Å². The van der Waals surface area contributed by atoms with Crippen molar-refractivity contribution < 1.29 is 28.2 Å². The summed E-state index contributed by atoms with van der Waals surface area (Å²) in [6, 6.07) is 9.80. The number of ether oxygens (including phenoxy) is 4. The first kappa shape index (κ1) is 22.6. The van der Waals surface area contributed by atoms with E-state index in [0.29, 0.717) is 6.61 Å². The molecular formula is C21H34O6Si2. The molecule has 0 N–H and O–H groups in total. The molecule has 3 rings (SSSR count). The fourth-order valence-electron chi connectivity index (χ4n) is 3.92. The quantitative estimate of drug-likeness (QED) is 0.513. The summed E-state index contributed by atoms with van der Waals surface area (Å²) in [5.74, 6) is -0.333. The van der Waals surface area contributed by atoms with E-state index in [9.17, 15) is 4.79 Å². The van der Waals surface area contributed by atoms with Crippen molar-refractivity contribution in [3.8, 4) is 0 Å².